The molecule has 0 radical (unpaired) electrons. The maximum Gasteiger partial charge on any atom is 0.343 e. The van der Waals surface area contributed by atoms with Crippen LogP contribution in [0.5, 0.6) is 0 Å². The summed E-state index contributed by atoms with van der Waals surface area (Å²) in [5.74, 6) is -1.75. The number of amides is 2. The lowest BCUT2D eigenvalue weighted by atomic mass is 10.2. The molecule has 1 rings (SSSR count). The maximum absolute atomic E-state index is 12.0. The summed E-state index contributed by atoms with van der Waals surface area (Å²) in [5.41, 5.74) is 5.43. The first-order valence-electron chi connectivity index (χ1n) is 6.67. The number of aromatic nitrogens is 2. The van der Waals surface area contributed by atoms with E-state index >= 15 is 0 Å². The Hall–Kier alpha value is -2.09. The Bertz CT molecular complexity index is 583. The molecule has 1 aromatic rings. The minimum atomic E-state index is -0.744. The van der Waals surface area contributed by atoms with Crippen LogP contribution in [0.3, 0.4) is 0 Å². The predicted molar refractivity (Wildman–Crippen MR) is 79.3 cm³/mol. The second-order valence-corrected chi connectivity index (χ2v) is 5.50. The molecule has 122 valence electrons. The smallest absolute Gasteiger partial charge is 0.343 e. The Kier molecular flexibility index (Phi) is 6.36. The van der Waals surface area contributed by atoms with Gasteiger partial charge in [-0.1, -0.05) is 25.4 Å². The van der Waals surface area contributed by atoms with Crippen LogP contribution >= 0.6 is 11.6 Å². The minimum Gasteiger partial charge on any atom is -0.452 e. The zero-order valence-electron chi connectivity index (χ0n) is 12.7. The van der Waals surface area contributed by atoms with E-state index in [4.69, 9.17) is 22.1 Å². The molecule has 0 aliphatic rings. The number of nitrogens with one attached hydrogen (secondary N) is 1. The van der Waals surface area contributed by atoms with Crippen molar-refractivity contribution < 1.29 is 19.1 Å². The van der Waals surface area contributed by atoms with Gasteiger partial charge in [0.15, 0.2) is 6.61 Å². The lowest BCUT2D eigenvalue weighted by Gasteiger charge is -2.07. The van der Waals surface area contributed by atoms with E-state index in [0.717, 1.165) is 0 Å². The molecule has 9 heteroatoms. The van der Waals surface area contributed by atoms with Gasteiger partial charge in [-0.3, -0.25) is 14.3 Å². The molecule has 8 nitrogen and oxygen atoms in total. The summed E-state index contributed by atoms with van der Waals surface area (Å²) in [4.78, 5) is 33.9. The summed E-state index contributed by atoms with van der Waals surface area (Å²) in [6.45, 7) is 5.33. The van der Waals surface area contributed by atoms with E-state index in [-0.39, 0.29) is 17.3 Å². The quantitative estimate of drug-likeness (QED) is 0.695. The number of carbonyl (C=O) groups excluding carboxylic acids is 3. The largest absolute Gasteiger partial charge is 0.452 e. The molecule has 1 aromatic heterocycles. The second kappa shape index (κ2) is 7.79. The number of nitrogens with two attached hydrogens (primary N) is 1. The third kappa shape index (κ3) is 5.03. The molecule has 0 saturated heterocycles. The van der Waals surface area contributed by atoms with Gasteiger partial charge in [0.2, 0.25) is 5.91 Å². The number of aryl methyl sites for hydroxylation is 1. The van der Waals surface area contributed by atoms with Crippen LogP contribution in [-0.2, 0) is 20.9 Å². The van der Waals surface area contributed by atoms with E-state index in [9.17, 15) is 14.4 Å². The van der Waals surface area contributed by atoms with Gasteiger partial charge in [0.05, 0.1) is 12.2 Å². The van der Waals surface area contributed by atoms with Crippen molar-refractivity contribution in [3.05, 3.63) is 16.4 Å². The Labute approximate surface area is 132 Å². The Morgan fingerprint density at radius 1 is 1.41 bits per heavy atom. The summed E-state index contributed by atoms with van der Waals surface area (Å²) in [6.07, 6.45) is 0. The Morgan fingerprint density at radius 3 is 2.59 bits per heavy atom. The maximum atomic E-state index is 12.0. The van der Waals surface area contributed by atoms with E-state index in [0.29, 0.717) is 18.2 Å². The molecule has 0 bridgehead atoms. The second-order valence-electron chi connectivity index (χ2n) is 5.15. The van der Waals surface area contributed by atoms with Crippen LogP contribution in [0.4, 0.5) is 0 Å². The molecule has 1 heterocycles. The summed E-state index contributed by atoms with van der Waals surface area (Å²) in [7, 11) is 0. The van der Waals surface area contributed by atoms with Gasteiger partial charge in [0.1, 0.15) is 10.7 Å². The van der Waals surface area contributed by atoms with E-state index < -0.39 is 24.4 Å². The molecule has 3 N–H and O–H groups in total. The highest BCUT2D eigenvalue weighted by atomic mass is 35.5. The normalized spacial score (nSPS) is 10.6. The van der Waals surface area contributed by atoms with Gasteiger partial charge in [-0.15, -0.1) is 0 Å². The zero-order valence-corrected chi connectivity index (χ0v) is 13.4. The first kappa shape index (κ1) is 18.0. The lowest BCUT2D eigenvalue weighted by molar-refractivity contribution is -0.127. The van der Waals surface area contributed by atoms with Gasteiger partial charge in [-0.25, -0.2) is 4.79 Å². The number of hydrogen-bond acceptors (Lipinski definition) is 5. The highest BCUT2D eigenvalue weighted by Gasteiger charge is 2.22. The number of hydrogen-bond donors (Lipinski definition) is 2. The number of carbonyl (C=O) groups is 3. The zero-order chi connectivity index (χ0) is 16.9. The van der Waals surface area contributed by atoms with Crippen LogP contribution in [0.15, 0.2) is 0 Å². The molecule has 0 saturated carbocycles. The third-order valence-corrected chi connectivity index (χ3v) is 2.99. The fourth-order valence-electron chi connectivity index (χ4n) is 1.69. The summed E-state index contributed by atoms with van der Waals surface area (Å²) in [6, 6.07) is 0. The van der Waals surface area contributed by atoms with Gasteiger partial charge in [0, 0.05) is 6.54 Å². The molecular formula is C13H19ClN4O4. The molecule has 0 unspecified atom stereocenters. The summed E-state index contributed by atoms with van der Waals surface area (Å²) >= 11 is 6.12. The number of rotatable bonds is 7. The van der Waals surface area contributed by atoms with Crippen molar-refractivity contribution >= 4 is 29.4 Å². The molecule has 2 amide bonds. The SMILES string of the molecule is Cc1nn(CC(C)C)c(Cl)c1C(=O)OCC(=O)NCC(N)=O. The average molecular weight is 331 g/mol. The number of primary amides is 1. The number of esters is 1. The third-order valence-electron chi connectivity index (χ3n) is 2.60. The van der Waals surface area contributed by atoms with E-state index in [2.05, 4.69) is 10.4 Å². The number of halogens is 1. The van der Waals surface area contributed by atoms with E-state index in [1.807, 2.05) is 13.8 Å². The summed E-state index contributed by atoms with van der Waals surface area (Å²) < 4.78 is 6.38. The minimum absolute atomic E-state index is 0.130. The van der Waals surface area contributed by atoms with Crippen LogP contribution in [0.2, 0.25) is 5.15 Å². The van der Waals surface area contributed by atoms with Gasteiger partial charge in [-0.2, -0.15) is 5.10 Å². The molecule has 0 aliphatic heterocycles. The van der Waals surface area contributed by atoms with Gasteiger partial charge in [0.25, 0.3) is 5.91 Å². The van der Waals surface area contributed by atoms with E-state index in [1.165, 1.54) is 4.68 Å². The highest BCUT2D eigenvalue weighted by molar-refractivity contribution is 6.32. The topological polar surface area (TPSA) is 116 Å². The van der Waals surface area contributed by atoms with Crippen molar-refractivity contribution in [2.45, 2.75) is 27.3 Å². The molecule has 0 aliphatic carbocycles. The number of nitrogens with zero attached hydrogens (tertiary/aromatic N) is 2. The molecule has 22 heavy (non-hydrogen) atoms. The Morgan fingerprint density at radius 2 is 2.05 bits per heavy atom. The van der Waals surface area contributed by atoms with Crippen molar-refractivity contribution in [1.29, 1.82) is 0 Å². The van der Waals surface area contributed by atoms with Gasteiger partial charge < -0.3 is 15.8 Å². The molecule has 0 aromatic carbocycles. The monoisotopic (exact) mass is 330 g/mol. The predicted octanol–water partition coefficient (Wildman–Crippen LogP) is 0.259. The molecule has 0 atom stereocenters. The fraction of sp³-hybridized carbons (Fsp3) is 0.538. The fourth-order valence-corrected chi connectivity index (χ4v) is 2.01. The van der Waals surface area contributed by atoms with E-state index in [1.54, 1.807) is 6.92 Å². The molecule has 0 spiro atoms. The van der Waals surface area contributed by atoms with Crippen LogP contribution in [0, 0.1) is 12.8 Å². The van der Waals surface area contributed by atoms with Gasteiger partial charge >= 0.3 is 5.97 Å². The first-order valence-corrected chi connectivity index (χ1v) is 7.05. The average Bonchev–Trinajstić information content (AvgIpc) is 2.67. The van der Waals surface area contributed by atoms with Crippen molar-refractivity contribution in [3.8, 4) is 0 Å². The first-order chi connectivity index (χ1) is 10.2. The van der Waals surface area contributed by atoms with Crippen LogP contribution in [-0.4, -0.2) is 40.7 Å². The van der Waals surface area contributed by atoms with Crippen LogP contribution in [0.25, 0.3) is 0 Å². The molecular weight excluding hydrogens is 312 g/mol. The highest BCUT2D eigenvalue weighted by Crippen LogP contribution is 2.21. The lowest BCUT2D eigenvalue weighted by Crippen LogP contribution is -2.36. The summed E-state index contributed by atoms with van der Waals surface area (Å²) in [5, 5.41) is 6.56. The van der Waals surface area contributed by atoms with Crippen LogP contribution in [0.1, 0.15) is 29.9 Å². The van der Waals surface area contributed by atoms with Crippen molar-refractivity contribution in [1.82, 2.24) is 15.1 Å². The molecule has 0 fully saturated rings. The van der Waals surface area contributed by atoms with Crippen molar-refractivity contribution in [2.75, 3.05) is 13.2 Å². The van der Waals surface area contributed by atoms with Crippen molar-refractivity contribution in [2.24, 2.45) is 11.7 Å². The standard InChI is InChI=1S/C13H19ClN4O4/c1-7(2)5-18-12(14)11(8(3)17-18)13(21)22-6-10(20)16-4-9(15)19/h7H,4-6H2,1-3H3,(H2,15,19)(H,16,20). The number of ether oxygens (including phenoxy) is 1. The Balaban J connectivity index is 2.68. The van der Waals surface area contributed by atoms with Crippen LogP contribution < -0.4 is 11.1 Å². The van der Waals surface area contributed by atoms with Crippen molar-refractivity contribution in [3.63, 3.8) is 0 Å². The van der Waals surface area contributed by atoms with Gasteiger partial charge in [-0.05, 0) is 12.8 Å².